The Bertz CT molecular complexity index is 629. The maximum absolute atomic E-state index is 13.2. The normalized spacial score (nSPS) is 11.7. The van der Waals surface area contributed by atoms with E-state index in [4.69, 9.17) is 11.6 Å². The Labute approximate surface area is 119 Å². The molecule has 0 saturated carbocycles. The molecular weight excluding hydrogens is 320 g/mol. The minimum Gasteiger partial charge on any atom is -0.505 e. The number of nitrogens with zero attached hydrogens (tertiary/aromatic N) is 1. The molecule has 9 heteroatoms. The van der Waals surface area contributed by atoms with Crippen LogP contribution in [0.15, 0.2) is 18.3 Å². The molecule has 2 rings (SSSR count). The van der Waals surface area contributed by atoms with Gasteiger partial charge in [-0.2, -0.15) is 13.2 Å². The van der Waals surface area contributed by atoms with Crippen molar-refractivity contribution in [1.29, 1.82) is 0 Å². The molecule has 0 atom stereocenters. The number of phenols is 1. The summed E-state index contributed by atoms with van der Waals surface area (Å²) in [7, 11) is 0. The second-order valence-corrected chi connectivity index (χ2v) is 5.45. The Hall–Kier alpha value is -1.54. The van der Waals surface area contributed by atoms with Gasteiger partial charge in [0.25, 0.3) is 0 Å². The SMILES string of the molecule is Oc1c(NCc2cnc(Cl)s2)ccc(F)c1C(F)(F)F. The van der Waals surface area contributed by atoms with Crippen LogP contribution in [0.3, 0.4) is 0 Å². The van der Waals surface area contributed by atoms with Gasteiger partial charge in [0, 0.05) is 11.1 Å². The molecule has 1 aromatic heterocycles. The van der Waals surface area contributed by atoms with Gasteiger partial charge < -0.3 is 10.4 Å². The van der Waals surface area contributed by atoms with Gasteiger partial charge in [-0.25, -0.2) is 9.37 Å². The zero-order chi connectivity index (χ0) is 14.9. The van der Waals surface area contributed by atoms with E-state index in [1.165, 1.54) is 6.20 Å². The van der Waals surface area contributed by atoms with Crippen LogP contribution in [-0.4, -0.2) is 10.1 Å². The third-order valence-electron chi connectivity index (χ3n) is 2.39. The Morgan fingerprint density at radius 3 is 2.60 bits per heavy atom. The molecule has 0 aliphatic heterocycles. The zero-order valence-corrected chi connectivity index (χ0v) is 11.2. The number of nitrogens with one attached hydrogen (secondary N) is 1. The number of thiazole rings is 1. The van der Waals surface area contributed by atoms with Gasteiger partial charge in [0.05, 0.1) is 12.2 Å². The smallest absolute Gasteiger partial charge is 0.422 e. The molecule has 0 unspecified atom stereocenters. The number of anilines is 1. The lowest BCUT2D eigenvalue weighted by molar-refractivity contribution is -0.141. The van der Waals surface area contributed by atoms with Crippen molar-refractivity contribution in [2.24, 2.45) is 0 Å². The average Bonchev–Trinajstić information content (AvgIpc) is 2.72. The van der Waals surface area contributed by atoms with Gasteiger partial charge >= 0.3 is 6.18 Å². The number of rotatable bonds is 3. The number of alkyl halides is 3. The lowest BCUT2D eigenvalue weighted by atomic mass is 10.1. The van der Waals surface area contributed by atoms with Gasteiger partial charge in [0.2, 0.25) is 0 Å². The van der Waals surface area contributed by atoms with Crippen LogP contribution in [0.25, 0.3) is 0 Å². The molecule has 0 aliphatic carbocycles. The van der Waals surface area contributed by atoms with E-state index < -0.39 is 23.3 Å². The predicted molar refractivity (Wildman–Crippen MR) is 67.5 cm³/mol. The highest BCUT2D eigenvalue weighted by Crippen LogP contribution is 2.41. The zero-order valence-electron chi connectivity index (χ0n) is 9.63. The van der Waals surface area contributed by atoms with Crippen LogP contribution in [0, 0.1) is 5.82 Å². The van der Waals surface area contributed by atoms with Crippen molar-refractivity contribution in [3.63, 3.8) is 0 Å². The quantitative estimate of drug-likeness (QED) is 0.654. The third kappa shape index (κ3) is 3.13. The molecule has 108 valence electrons. The van der Waals surface area contributed by atoms with Gasteiger partial charge in [-0.3, -0.25) is 0 Å². The Kier molecular flexibility index (Phi) is 4.05. The van der Waals surface area contributed by atoms with Crippen molar-refractivity contribution in [2.45, 2.75) is 12.7 Å². The summed E-state index contributed by atoms with van der Waals surface area (Å²) in [5.41, 5.74) is -1.91. The van der Waals surface area contributed by atoms with Crippen molar-refractivity contribution in [3.05, 3.63) is 39.1 Å². The number of phenolic OH excluding ortho intramolecular Hbond substituents is 1. The van der Waals surface area contributed by atoms with Gasteiger partial charge in [0.15, 0.2) is 10.2 Å². The van der Waals surface area contributed by atoms with E-state index in [0.29, 0.717) is 15.4 Å². The standard InChI is InChI=1S/C11H7ClF4N2OS/c12-10-18-4-5(20-10)3-17-7-2-1-6(13)8(9(7)19)11(14,15)16/h1-2,4,17,19H,3H2. The van der Waals surface area contributed by atoms with E-state index >= 15 is 0 Å². The van der Waals surface area contributed by atoms with Crippen molar-refractivity contribution >= 4 is 28.6 Å². The first-order chi connectivity index (χ1) is 9.29. The highest BCUT2D eigenvalue weighted by molar-refractivity contribution is 7.15. The number of halogens is 5. The lowest BCUT2D eigenvalue weighted by Gasteiger charge is -2.14. The first kappa shape index (κ1) is 14.9. The largest absolute Gasteiger partial charge is 0.505 e. The second kappa shape index (κ2) is 5.45. The molecule has 0 fully saturated rings. The van der Waals surface area contributed by atoms with Crippen LogP contribution in [0.4, 0.5) is 23.2 Å². The maximum atomic E-state index is 13.2. The molecular formula is C11H7ClF4N2OS. The maximum Gasteiger partial charge on any atom is 0.422 e. The van der Waals surface area contributed by atoms with Crippen molar-refractivity contribution in [2.75, 3.05) is 5.32 Å². The van der Waals surface area contributed by atoms with E-state index in [2.05, 4.69) is 10.3 Å². The van der Waals surface area contributed by atoms with E-state index in [-0.39, 0.29) is 12.2 Å². The van der Waals surface area contributed by atoms with Crippen LogP contribution in [-0.2, 0) is 12.7 Å². The first-order valence-electron chi connectivity index (χ1n) is 5.22. The van der Waals surface area contributed by atoms with Gasteiger partial charge in [0.1, 0.15) is 11.4 Å². The number of aromatic hydroxyl groups is 1. The summed E-state index contributed by atoms with van der Waals surface area (Å²) >= 11 is 6.75. The van der Waals surface area contributed by atoms with E-state index in [1.807, 2.05) is 0 Å². The highest BCUT2D eigenvalue weighted by atomic mass is 35.5. The van der Waals surface area contributed by atoms with Crippen LogP contribution in [0.5, 0.6) is 5.75 Å². The molecule has 0 bridgehead atoms. The van der Waals surface area contributed by atoms with E-state index in [1.54, 1.807) is 0 Å². The van der Waals surface area contributed by atoms with Crippen LogP contribution < -0.4 is 5.32 Å². The number of benzene rings is 1. The monoisotopic (exact) mass is 326 g/mol. The summed E-state index contributed by atoms with van der Waals surface area (Å²) in [5.74, 6) is -2.70. The van der Waals surface area contributed by atoms with E-state index in [9.17, 15) is 22.7 Å². The summed E-state index contributed by atoms with van der Waals surface area (Å²) in [5, 5.41) is 12.1. The van der Waals surface area contributed by atoms with Crippen LogP contribution in [0.2, 0.25) is 4.47 Å². The van der Waals surface area contributed by atoms with Crippen LogP contribution >= 0.6 is 22.9 Å². The molecule has 2 aromatic rings. The van der Waals surface area contributed by atoms with Crippen molar-refractivity contribution < 1.29 is 22.7 Å². The van der Waals surface area contributed by atoms with Gasteiger partial charge in [-0.1, -0.05) is 11.6 Å². The predicted octanol–water partition coefficient (Wildman–Crippen LogP) is 4.27. The summed E-state index contributed by atoms with van der Waals surface area (Å²) in [6.07, 6.45) is -3.52. The summed E-state index contributed by atoms with van der Waals surface area (Å²) < 4.78 is 51.3. The molecule has 2 N–H and O–H groups in total. The molecule has 0 aliphatic rings. The summed E-state index contributed by atoms with van der Waals surface area (Å²) in [6.45, 7) is 0.112. The number of hydrogen-bond donors (Lipinski definition) is 2. The fourth-order valence-electron chi connectivity index (χ4n) is 1.53. The molecule has 1 aromatic carbocycles. The second-order valence-electron chi connectivity index (χ2n) is 3.75. The molecule has 0 saturated heterocycles. The highest BCUT2D eigenvalue weighted by Gasteiger charge is 2.38. The van der Waals surface area contributed by atoms with Crippen molar-refractivity contribution in [1.82, 2.24) is 4.98 Å². The third-order valence-corrected chi connectivity index (χ3v) is 3.50. The van der Waals surface area contributed by atoms with E-state index in [0.717, 1.165) is 17.4 Å². The van der Waals surface area contributed by atoms with Crippen LogP contribution in [0.1, 0.15) is 10.4 Å². The number of aromatic nitrogens is 1. The summed E-state index contributed by atoms with van der Waals surface area (Å²) in [4.78, 5) is 4.42. The molecule has 1 heterocycles. The molecule has 0 radical (unpaired) electrons. The topological polar surface area (TPSA) is 45.1 Å². The Morgan fingerprint density at radius 2 is 2.05 bits per heavy atom. The Morgan fingerprint density at radius 1 is 1.35 bits per heavy atom. The molecule has 0 spiro atoms. The van der Waals surface area contributed by atoms with Crippen molar-refractivity contribution in [3.8, 4) is 5.75 Å². The fourth-order valence-corrected chi connectivity index (χ4v) is 2.44. The van der Waals surface area contributed by atoms with Gasteiger partial charge in [-0.15, -0.1) is 11.3 Å². The van der Waals surface area contributed by atoms with Gasteiger partial charge in [-0.05, 0) is 12.1 Å². The first-order valence-corrected chi connectivity index (χ1v) is 6.41. The minimum atomic E-state index is -4.97. The Balaban J connectivity index is 2.25. The molecule has 3 nitrogen and oxygen atoms in total. The number of hydrogen-bond acceptors (Lipinski definition) is 4. The average molecular weight is 327 g/mol. The summed E-state index contributed by atoms with van der Waals surface area (Å²) in [6, 6.07) is 1.67. The minimum absolute atomic E-state index is 0.112. The lowest BCUT2D eigenvalue weighted by Crippen LogP contribution is -2.10. The molecule has 20 heavy (non-hydrogen) atoms. The molecule has 0 amide bonds. The fraction of sp³-hybridized carbons (Fsp3) is 0.182.